The maximum absolute atomic E-state index is 13.7. The summed E-state index contributed by atoms with van der Waals surface area (Å²) >= 11 is 5.85. The van der Waals surface area contributed by atoms with E-state index in [-0.39, 0.29) is 11.4 Å². The van der Waals surface area contributed by atoms with Crippen LogP contribution in [0.3, 0.4) is 0 Å². The van der Waals surface area contributed by atoms with Crippen LogP contribution < -0.4 is 5.32 Å². The molecule has 0 aliphatic heterocycles. The molecule has 28 heavy (non-hydrogen) atoms. The number of carbonyl (C=O) groups excluding carboxylic acids is 1. The molecule has 4 nitrogen and oxygen atoms in total. The van der Waals surface area contributed by atoms with Gasteiger partial charge in [-0.2, -0.15) is 0 Å². The van der Waals surface area contributed by atoms with E-state index in [2.05, 4.69) is 10.3 Å². The second-order valence-corrected chi connectivity index (χ2v) is 6.53. The van der Waals surface area contributed by atoms with E-state index in [1.165, 1.54) is 12.3 Å². The molecule has 0 aliphatic rings. The van der Waals surface area contributed by atoms with Crippen molar-refractivity contribution in [3.05, 3.63) is 94.1 Å². The van der Waals surface area contributed by atoms with E-state index in [1.807, 2.05) is 12.1 Å². The zero-order chi connectivity index (χ0) is 19.9. The van der Waals surface area contributed by atoms with Crippen molar-refractivity contribution in [3.63, 3.8) is 0 Å². The van der Waals surface area contributed by atoms with Gasteiger partial charge >= 0.3 is 0 Å². The van der Waals surface area contributed by atoms with Gasteiger partial charge in [0.2, 0.25) is 5.91 Å². The third-order valence-electron chi connectivity index (χ3n) is 3.94. The Morgan fingerprint density at radius 3 is 2.39 bits per heavy atom. The highest BCUT2D eigenvalue weighted by atomic mass is 35.5. The van der Waals surface area contributed by atoms with E-state index in [4.69, 9.17) is 16.3 Å². The maximum Gasteiger partial charge on any atom is 0.230 e. The van der Waals surface area contributed by atoms with Gasteiger partial charge in [-0.25, -0.2) is 13.8 Å². The second kappa shape index (κ2) is 9.39. The summed E-state index contributed by atoms with van der Waals surface area (Å²) in [5, 5.41) is 3.21. The Morgan fingerprint density at radius 2 is 1.68 bits per heavy atom. The number of hydrogen-bond donors (Lipinski definition) is 1. The third kappa shape index (κ3) is 5.58. The lowest BCUT2D eigenvalue weighted by atomic mass is 10.1. The predicted octanol–water partition coefficient (Wildman–Crippen LogP) is 4.91. The van der Waals surface area contributed by atoms with Crippen LogP contribution >= 0.6 is 11.6 Å². The van der Waals surface area contributed by atoms with E-state index < -0.39 is 24.0 Å². The quantitative estimate of drug-likeness (QED) is 0.610. The molecule has 0 saturated carbocycles. The highest BCUT2D eigenvalue weighted by molar-refractivity contribution is 6.30. The van der Waals surface area contributed by atoms with E-state index in [9.17, 15) is 13.6 Å². The smallest absolute Gasteiger partial charge is 0.230 e. The van der Waals surface area contributed by atoms with Crippen molar-refractivity contribution in [1.29, 1.82) is 0 Å². The minimum absolute atomic E-state index is 0.276. The van der Waals surface area contributed by atoms with Crippen LogP contribution in [0.1, 0.15) is 16.7 Å². The first kappa shape index (κ1) is 19.9. The molecular weight excluding hydrogens is 386 g/mol. The topological polar surface area (TPSA) is 51.2 Å². The van der Waals surface area contributed by atoms with Crippen molar-refractivity contribution >= 4 is 23.3 Å². The number of rotatable bonds is 7. The summed E-state index contributed by atoms with van der Waals surface area (Å²) < 4.78 is 33.0. The van der Waals surface area contributed by atoms with Crippen LogP contribution in [0.2, 0.25) is 5.02 Å². The summed E-state index contributed by atoms with van der Waals surface area (Å²) in [5.74, 6) is -1.79. The first-order valence-corrected chi connectivity index (χ1v) is 8.89. The lowest BCUT2D eigenvalue weighted by Gasteiger charge is -2.09. The molecule has 0 aliphatic carbocycles. The highest BCUT2D eigenvalue weighted by Crippen LogP contribution is 2.15. The Balaban J connectivity index is 1.55. The van der Waals surface area contributed by atoms with Crippen LogP contribution in [-0.4, -0.2) is 10.9 Å². The van der Waals surface area contributed by atoms with Gasteiger partial charge in [-0.3, -0.25) is 4.79 Å². The van der Waals surface area contributed by atoms with Crippen LogP contribution in [0.5, 0.6) is 0 Å². The fourth-order valence-corrected chi connectivity index (χ4v) is 2.67. The number of halogens is 3. The summed E-state index contributed by atoms with van der Waals surface area (Å²) in [6.45, 7) is 0.726. The molecule has 0 fully saturated rings. The number of nitrogens with zero attached hydrogens (tertiary/aromatic N) is 1. The molecule has 1 N–H and O–H groups in total. The van der Waals surface area contributed by atoms with Crippen molar-refractivity contribution < 1.29 is 18.3 Å². The lowest BCUT2D eigenvalue weighted by molar-refractivity contribution is -0.115. The molecule has 0 unspecified atom stereocenters. The van der Waals surface area contributed by atoms with Crippen molar-refractivity contribution in [2.45, 2.75) is 19.6 Å². The molecule has 0 atom stereocenters. The van der Waals surface area contributed by atoms with Gasteiger partial charge in [0.15, 0.2) is 0 Å². The number of amides is 1. The van der Waals surface area contributed by atoms with Gasteiger partial charge in [0.1, 0.15) is 17.5 Å². The molecular formula is C21H17ClF2N2O2. The van der Waals surface area contributed by atoms with Crippen molar-refractivity contribution in [1.82, 2.24) is 4.98 Å². The minimum Gasteiger partial charge on any atom is -0.372 e. The number of nitrogens with one attached hydrogen (secondary N) is 1. The Labute approximate surface area is 166 Å². The molecule has 2 aromatic carbocycles. The van der Waals surface area contributed by atoms with E-state index in [0.717, 1.165) is 23.3 Å². The Morgan fingerprint density at radius 1 is 1.00 bits per heavy atom. The minimum atomic E-state index is -0.757. The number of benzene rings is 2. The summed E-state index contributed by atoms with van der Waals surface area (Å²) in [6, 6.07) is 14.2. The SMILES string of the molecule is O=C(Cc1c(F)cccc1F)Nc1cc(COCc2ccc(Cl)cc2)ccn1. The zero-order valence-corrected chi connectivity index (χ0v) is 15.5. The fourth-order valence-electron chi connectivity index (χ4n) is 2.55. The third-order valence-corrected chi connectivity index (χ3v) is 4.19. The molecule has 0 bridgehead atoms. The van der Waals surface area contributed by atoms with E-state index >= 15 is 0 Å². The van der Waals surface area contributed by atoms with Gasteiger partial charge < -0.3 is 10.1 Å². The maximum atomic E-state index is 13.7. The summed E-state index contributed by atoms with van der Waals surface area (Å²) in [7, 11) is 0. The molecule has 3 rings (SSSR count). The number of carbonyl (C=O) groups is 1. The molecule has 3 aromatic rings. The lowest BCUT2D eigenvalue weighted by Crippen LogP contribution is -2.17. The predicted molar refractivity (Wildman–Crippen MR) is 103 cm³/mol. The normalized spacial score (nSPS) is 10.7. The standard InChI is InChI=1S/C21H17ClF2N2O2/c22-16-6-4-14(5-7-16)12-28-13-15-8-9-25-20(10-15)26-21(27)11-17-18(23)2-1-3-19(17)24/h1-10H,11-13H2,(H,25,26,27). The van der Waals surface area contributed by atoms with Gasteiger partial charge in [0, 0.05) is 16.8 Å². The van der Waals surface area contributed by atoms with Gasteiger partial charge in [0.25, 0.3) is 0 Å². The molecule has 1 amide bonds. The molecule has 1 heterocycles. The van der Waals surface area contributed by atoms with Crippen LogP contribution in [0, 0.1) is 11.6 Å². The van der Waals surface area contributed by atoms with Gasteiger partial charge in [-0.05, 0) is 47.5 Å². The fraction of sp³-hybridized carbons (Fsp3) is 0.143. The van der Waals surface area contributed by atoms with E-state index in [1.54, 1.807) is 24.3 Å². The van der Waals surface area contributed by atoms with Crippen molar-refractivity contribution in [2.75, 3.05) is 5.32 Å². The van der Waals surface area contributed by atoms with E-state index in [0.29, 0.717) is 18.2 Å². The molecule has 144 valence electrons. The summed E-state index contributed by atoms with van der Waals surface area (Å²) in [6.07, 6.45) is 1.11. The Kier molecular flexibility index (Phi) is 6.68. The largest absolute Gasteiger partial charge is 0.372 e. The Bertz CT molecular complexity index is 945. The number of hydrogen-bond acceptors (Lipinski definition) is 3. The summed E-state index contributed by atoms with van der Waals surface area (Å²) in [4.78, 5) is 16.1. The van der Waals surface area contributed by atoms with Crippen LogP contribution in [-0.2, 0) is 29.2 Å². The number of pyridine rings is 1. The molecule has 7 heteroatoms. The average molecular weight is 403 g/mol. The zero-order valence-electron chi connectivity index (χ0n) is 14.8. The first-order chi connectivity index (χ1) is 13.5. The van der Waals surface area contributed by atoms with Gasteiger partial charge in [0.05, 0.1) is 19.6 Å². The van der Waals surface area contributed by atoms with Crippen molar-refractivity contribution in [3.8, 4) is 0 Å². The van der Waals surface area contributed by atoms with Crippen LogP contribution in [0.4, 0.5) is 14.6 Å². The average Bonchev–Trinajstić information content (AvgIpc) is 2.67. The number of ether oxygens (including phenoxy) is 1. The van der Waals surface area contributed by atoms with Crippen molar-refractivity contribution in [2.24, 2.45) is 0 Å². The monoisotopic (exact) mass is 402 g/mol. The number of aromatic nitrogens is 1. The first-order valence-electron chi connectivity index (χ1n) is 8.51. The van der Waals surface area contributed by atoms with Crippen LogP contribution in [0.25, 0.3) is 0 Å². The second-order valence-electron chi connectivity index (χ2n) is 6.09. The summed E-state index contributed by atoms with van der Waals surface area (Å²) in [5.41, 5.74) is 1.51. The molecule has 1 aromatic heterocycles. The highest BCUT2D eigenvalue weighted by Gasteiger charge is 2.13. The van der Waals surface area contributed by atoms with Gasteiger partial charge in [-0.15, -0.1) is 0 Å². The Hall–Kier alpha value is -2.83. The molecule has 0 saturated heterocycles. The molecule has 0 spiro atoms. The van der Waals surface area contributed by atoms with Crippen LogP contribution in [0.15, 0.2) is 60.8 Å². The van der Waals surface area contributed by atoms with Gasteiger partial charge in [-0.1, -0.05) is 29.8 Å². The molecule has 0 radical (unpaired) electrons. The number of anilines is 1.